The van der Waals surface area contributed by atoms with Crippen LogP contribution in [0, 0.1) is 0 Å². The van der Waals surface area contributed by atoms with Crippen molar-refractivity contribution in [1.29, 1.82) is 0 Å². The van der Waals surface area contributed by atoms with Crippen LogP contribution in [0.15, 0.2) is 30.3 Å². The summed E-state index contributed by atoms with van der Waals surface area (Å²) in [6.07, 6.45) is 2.34. The molecule has 1 aromatic rings. The third-order valence-electron chi connectivity index (χ3n) is 2.69. The van der Waals surface area contributed by atoms with Crippen molar-refractivity contribution in [2.24, 2.45) is 0 Å². The lowest BCUT2D eigenvalue weighted by Gasteiger charge is -2.16. The van der Waals surface area contributed by atoms with E-state index in [0.717, 1.165) is 17.3 Å². The first-order valence-electron chi connectivity index (χ1n) is 4.90. The molecule has 0 atom stereocenters. The van der Waals surface area contributed by atoms with Gasteiger partial charge in [0.25, 0.3) is 0 Å². The molecule has 2 heteroatoms. The Morgan fingerprint density at radius 2 is 1.69 bits per heavy atom. The summed E-state index contributed by atoms with van der Waals surface area (Å²) in [4.78, 5) is 0. The van der Waals surface area contributed by atoms with Gasteiger partial charge < -0.3 is 0 Å². The van der Waals surface area contributed by atoms with E-state index in [1.54, 1.807) is 0 Å². The SMILES string of the molecule is O=[SH]1(Cc2ccccc2)CCCC1. The zero-order chi connectivity index (χ0) is 9.15. The molecule has 0 aliphatic carbocycles. The monoisotopic (exact) mass is 196 g/mol. The fourth-order valence-corrected chi connectivity index (χ4v) is 5.00. The van der Waals surface area contributed by atoms with Crippen LogP contribution in [0.25, 0.3) is 0 Å². The van der Waals surface area contributed by atoms with E-state index in [2.05, 4.69) is 12.1 Å². The van der Waals surface area contributed by atoms with Gasteiger partial charge in [0, 0.05) is 17.3 Å². The number of benzene rings is 1. The molecule has 0 saturated carbocycles. The van der Waals surface area contributed by atoms with Crippen molar-refractivity contribution < 1.29 is 4.21 Å². The average Bonchev–Trinajstić information content (AvgIpc) is 2.54. The number of hydrogen-bond donors (Lipinski definition) is 1. The molecule has 0 radical (unpaired) electrons. The first kappa shape index (κ1) is 8.95. The summed E-state index contributed by atoms with van der Waals surface area (Å²) in [6, 6.07) is 10.2. The first-order valence-corrected chi connectivity index (χ1v) is 7.16. The summed E-state index contributed by atoms with van der Waals surface area (Å²) in [7, 11) is -1.79. The highest BCUT2D eigenvalue weighted by atomic mass is 32.2. The fraction of sp³-hybridized carbons (Fsp3) is 0.455. The van der Waals surface area contributed by atoms with Gasteiger partial charge in [-0.25, -0.2) is 0 Å². The summed E-state index contributed by atoms with van der Waals surface area (Å²) in [6.45, 7) is 0. The highest BCUT2D eigenvalue weighted by Crippen LogP contribution is 2.22. The first-order chi connectivity index (χ1) is 6.29. The van der Waals surface area contributed by atoms with Crippen molar-refractivity contribution in [2.45, 2.75) is 18.6 Å². The Bertz CT molecular complexity index is 308. The zero-order valence-electron chi connectivity index (χ0n) is 7.78. The second kappa shape index (κ2) is 3.62. The molecule has 72 valence electrons. The third kappa shape index (κ3) is 2.19. The van der Waals surface area contributed by atoms with E-state index in [1.807, 2.05) is 18.2 Å². The summed E-state index contributed by atoms with van der Waals surface area (Å²) in [5.41, 5.74) is 1.24. The van der Waals surface area contributed by atoms with Gasteiger partial charge in [-0.15, -0.1) is 0 Å². The van der Waals surface area contributed by atoms with E-state index in [1.165, 1.54) is 18.4 Å². The molecule has 1 fully saturated rings. The maximum absolute atomic E-state index is 12.2. The number of rotatable bonds is 2. The zero-order valence-corrected chi connectivity index (χ0v) is 8.67. The van der Waals surface area contributed by atoms with Crippen LogP contribution in [0.3, 0.4) is 0 Å². The maximum atomic E-state index is 12.2. The molecule has 1 saturated heterocycles. The van der Waals surface area contributed by atoms with Crippen molar-refractivity contribution >= 4 is 9.93 Å². The molecule has 1 aromatic carbocycles. The highest BCUT2D eigenvalue weighted by Gasteiger charge is 2.20. The van der Waals surface area contributed by atoms with Crippen molar-refractivity contribution in [3.63, 3.8) is 0 Å². The van der Waals surface area contributed by atoms with Crippen LogP contribution < -0.4 is 0 Å². The van der Waals surface area contributed by atoms with E-state index in [0.29, 0.717) is 0 Å². The molecule has 0 unspecified atom stereocenters. The largest absolute Gasteiger partial charge is 0.284 e. The van der Waals surface area contributed by atoms with Gasteiger partial charge in [0.05, 0.1) is 0 Å². The summed E-state index contributed by atoms with van der Waals surface area (Å²) < 4.78 is 12.2. The predicted octanol–water partition coefficient (Wildman–Crippen LogP) is 2.00. The van der Waals surface area contributed by atoms with E-state index >= 15 is 0 Å². The van der Waals surface area contributed by atoms with Gasteiger partial charge in [0.15, 0.2) is 0 Å². The third-order valence-corrected chi connectivity index (χ3v) is 5.90. The Hall–Kier alpha value is -0.630. The molecule has 1 aliphatic heterocycles. The summed E-state index contributed by atoms with van der Waals surface area (Å²) in [5, 5.41) is 0. The number of thiol groups is 1. The van der Waals surface area contributed by atoms with E-state index < -0.39 is 9.93 Å². The molecule has 0 amide bonds. The summed E-state index contributed by atoms with van der Waals surface area (Å²) >= 11 is 0. The van der Waals surface area contributed by atoms with Gasteiger partial charge >= 0.3 is 0 Å². The van der Waals surface area contributed by atoms with Crippen molar-refractivity contribution in [2.75, 3.05) is 11.5 Å². The van der Waals surface area contributed by atoms with Gasteiger partial charge in [-0.1, -0.05) is 40.3 Å². The lowest BCUT2D eigenvalue weighted by Crippen LogP contribution is -2.16. The average molecular weight is 196 g/mol. The minimum Gasteiger partial charge on any atom is -0.284 e. The Labute approximate surface area is 80.6 Å². The van der Waals surface area contributed by atoms with E-state index in [9.17, 15) is 4.21 Å². The second-order valence-electron chi connectivity index (χ2n) is 3.86. The van der Waals surface area contributed by atoms with Crippen LogP contribution in [-0.2, 0) is 15.7 Å². The molecule has 0 N–H and O–H groups in total. The van der Waals surface area contributed by atoms with Crippen molar-refractivity contribution in [1.82, 2.24) is 0 Å². The Balaban J connectivity index is 2.10. The van der Waals surface area contributed by atoms with Gasteiger partial charge in [0.1, 0.15) is 0 Å². The topological polar surface area (TPSA) is 17.1 Å². The van der Waals surface area contributed by atoms with Crippen molar-refractivity contribution in [3.05, 3.63) is 35.9 Å². The Morgan fingerprint density at radius 3 is 2.31 bits per heavy atom. The van der Waals surface area contributed by atoms with Crippen LogP contribution in [0.2, 0.25) is 0 Å². The molecule has 0 bridgehead atoms. The van der Waals surface area contributed by atoms with Gasteiger partial charge in [-0.2, -0.15) is 0 Å². The fourth-order valence-electron chi connectivity index (χ4n) is 1.99. The quantitative estimate of drug-likeness (QED) is 0.716. The van der Waals surface area contributed by atoms with Crippen molar-refractivity contribution in [3.8, 4) is 0 Å². The van der Waals surface area contributed by atoms with E-state index in [4.69, 9.17) is 0 Å². The molecular formula is C11H16OS. The summed E-state index contributed by atoms with van der Waals surface area (Å²) in [5.74, 6) is 2.78. The Morgan fingerprint density at radius 1 is 1.08 bits per heavy atom. The molecular weight excluding hydrogens is 180 g/mol. The van der Waals surface area contributed by atoms with Crippen LogP contribution in [0.1, 0.15) is 18.4 Å². The highest BCUT2D eigenvalue weighted by molar-refractivity contribution is 8.02. The van der Waals surface area contributed by atoms with Gasteiger partial charge in [-0.3, -0.25) is 4.21 Å². The van der Waals surface area contributed by atoms with Gasteiger partial charge in [0.2, 0.25) is 0 Å². The van der Waals surface area contributed by atoms with Crippen LogP contribution in [0.4, 0.5) is 0 Å². The van der Waals surface area contributed by atoms with E-state index in [-0.39, 0.29) is 0 Å². The van der Waals surface area contributed by atoms with Gasteiger partial charge in [-0.05, 0) is 18.4 Å². The van der Waals surface area contributed by atoms with Crippen LogP contribution in [-0.4, -0.2) is 15.7 Å². The minimum atomic E-state index is -1.79. The second-order valence-corrected chi connectivity index (χ2v) is 7.18. The molecule has 0 aromatic heterocycles. The number of hydrogen-bond acceptors (Lipinski definition) is 1. The standard InChI is InChI=1S/C11H16OS/c12-13(8-4-5-9-13)10-11-6-2-1-3-7-11/h1-3,6-7,13H,4-5,8-10H2. The lowest BCUT2D eigenvalue weighted by atomic mass is 10.2. The van der Waals surface area contributed by atoms with Crippen LogP contribution in [0.5, 0.6) is 0 Å². The normalized spacial score (nSPS) is 22.8. The molecule has 13 heavy (non-hydrogen) atoms. The predicted molar refractivity (Wildman–Crippen MR) is 58.7 cm³/mol. The van der Waals surface area contributed by atoms with Crippen LogP contribution >= 0.6 is 0 Å². The minimum absolute atomic E-state index is 0.827. The molecule has 0 spiro atoms. The molecule has 1 heterocycles. The maximum Gasteiger partial charge on any atom is 0.0264 e. The smallest absolute Gasteiger partial charge is 0.0264 e. The molecule has 2 rings (SSSR count). The molecule has 1 nitrogen and oxygen atoms in total. The lowest BCUT2D eigenvalue weighted by molar-refractivity contribution is 0.674. The Kier molecular flexibility index (Phi) is 2.49. The molecule has 1 aliphatic rings.